The summed E-state index contributed by atoms with van der Waals surface area (Å²) in [5.41, 5.74) is 0.870. The van der Waals surface area contributed by atoms with Crippen molar-refractivity contribution in [1.82, 2.24) is 9.80 Å². The van der Waals surface area contributed by atoms with Crippen LogP contribution in [0.1, 0.15) is 11.1 Å². The third-order valence-electron chi connectivity index (χ3n) is 5.28. The second-order valence-corrected chi connectivity index (χ2v) is 7.77. The number of carbonyl (C=O) groups is 1. The van der Waals surface area contributed by atoms with E-state index in [0.29, 0.717) is 26.2 Å². The number of rotatable bonds is 7. The highest BCUT2D eigenvalue weighted by molar-refractivity contribution is 6.32. The first-order chi connectivity index (χ1) is 15.3. The van der Waals surface area contributed by atoms with Gasteiger partial charge in [-0.3, -0.25) is 19.8 Å². The number of amides is 1. The van der Waals surface area contributed by atoms with E-state index in [1.807, 2.05) is 0 Å². The summed E-state index contributed by atoms with van der Waals surface area (Å²) >= 11 is 5.97. The Labute approximate surface area is 189 Å². The van der Waals surface area contributed by atoms with Gasteiger partial charge in [-0.2, -0.15) is 0 Å². The van der Waals surface area contributed by atoms with E-state index < -0.39 is 11.0 Å². The van der Waals surface area contributed by atoms with E-state index >= 15 is 0 Å². The molecule has 0 bridgehead atoms. The monoisotopic (exact) mass is 463 g/mol. The molecule has 2 aromatic carbocycles. The summed E-state index contributed by atoms with van der Waals surface area (Å²) in [7, 11) is 1.39. The number of halogens is 2. The summed E-state index contributed by atoms with van der Waals surface area (Å²) in [6.07, 6.45) is 2.59. The highest BCUT2D eigenvalue weighted by Crippen LogP contribution is 2.33. The average Bonchev–Trinajstić information content (AvgIpc) is 2.79. The lowest BCUT2D eigenvalue weighted by Crippen LogP contribution is -2.55. The van der Waals surface area contributed by atoms with Gasteiger partial charge < -0.3 is 14.7 Å². The van der Waals surface area contributed by atoms with Crippen molar-refractivity contribution < 1.29 is 24.0 Å². The van der Waals surface area contributed by atoms with E-state index in [4.69, 9.17) is 16.3 Å². The Morgan fingerprint density at radius 3 is 2.69 bits per heavy atom. The molecule has 3 rings (SSSR count). The largest absolute Gasteiger partial charge is 0.495 e. The van der Waals surface area contributed by atoms with Gasteiger partial charge in [-0.05, 0) is 29.8 Å². The number of nitro benzene ring substituents is 1. The van der Waals surface area contributed by atoms with Crippen molar-refractivity contribution in [3.8, 4) is 5.75 Å². The molecule has 10 heteroatoms. The fourth-order valence-corrected chi connectivity index (χ4v) is 3.86. The fraction of sp³-hybridized carbons (Fsp3) is 0.318. The Balaban J connectivity index is 1.70. The van der Waals surface area contributed by atoms with Gasteiger partial charge >= 0.3 is 0 Å². The molecule has 1 saturated heterocycles. The molecule has 1 unspecified atom stereocenters. The molecule has 0 saturated carbocycles. The number of carbonyl (C=O) groups excluding carboxylic acids is 1. The highest BCUT2D eigenvalue weighted by atomic mass is 35.5. The quantitative estimate of drug-likeness (QED) is 0.385. The molecule has 1 aliphatic heterocycles. The van der Waals surface area contributed by atoms with E-state index in [1.165, 1.54) is 48.4 Å². The molecule has 2 aromatic rings. The van der Waals surface area contributed by atoms with Crippen molar-refractivity contribution in [2.75, 3.05) is 33.4 Å². The lowest BCUT2D eigenvalue weighted by molar-refractivity contribution is -0.385. The SMILES string of the molecule is COc1cc(C=CC(=O)N2CCN(Cc3ccc(F)cc3)CC2CO)c([N+](=O)[O-])cc1Cl. The minimum Gasteiger partial charge on any atom is -0.495 e. The molecule has 1 fully saturated rings. The van der Waals surface area contributed by atoms with Crippen LogP contribution in [0.15, 0.2) is 42.5 Å². The van der Waals surface area contributed by atoms with Crippen LogP contribution >= 0.6 is 11.6 Å². The molecule has 0 aliphatic carbocycles. The van der Waals surface area contributed by atoms with Crippen LogP contribution in [-0.2, 0) is 11.3 Å². The highest BCUT2D eigenvalue weighted by Gasteiger charge is 2.29. The van der Waals surface area contributed by atoms with Gasteiger partial charge in [0.05, 0.1) is 35.3 Å². The van der Waals surface area contributed by atoms with E-state index in [0.717, 1.165) is 5.56 Å². The normalized spacial score (nSPS) is 17.0. The van der Waals surface area contributed by atoms with Gasteiger partial charge in [-0.15, -0.1) is 0 Å². The lowest BCUT2D eigenvalue weighted by Gasteiger charge is -2.40. The summed E-state index contributed by atoms with van der Waals surface area (Å²) in [5, 5.41) is 21.3. The number of aliphatic hydroxyl groups excluding tert-OH is 1. The zero-order valence-electron chi connectivity index (χ0n) is 17.4. The average molecular weight is 464 g/mol. The van der Waals surface area contributed by atoms with Gasteiger partial charge in [0.1, 0.15) is 11.6 Å². The minimum atomic E-state index is -0.583. The van der Waals surface area contributed by atoms with E-state index in [1.54, 1.807) is 12.1 Å². The summed E-state index contributed by atoms with van der Waals surface area (Å²) in [5.74, 6) is -0.413. The Bertz CT molecular complexity index is 1020. The summed E-state index contributed by atoms with van der Waals surface area (Å²) in [6.45, 7) is 1.74. The Morgan fingerprint density at radius 1 is 1.34 bits per heavy atom. The third-order valence-corrected chi connectivity index (χ3v) is 5.58. The summed E-state index contributed by atoms with van der Waals surface area (Å²) in [6, 6.07) is 8.34. The first kappa shape index (κ1) is 23.6. The van der Waals surface area contributed by atoms with E-state index in [9.17, 15) is 24.4 Å². The second kappa shape index (κ2) is 10.5. The zero-order chi connectivity index (χ0) is 23.3. The van der Waals surface area contributed by atoms with Crippen LogP contribution in [0.2, 0.25) is 5.02 Å². The Kier molecular flexibility index (Phi) is 7.79. The van der Waals surface area contributed by atoms with E-state index in [-0.39, 0.29) is 40.4 Å². The topological polar surface area (TPSA) is 96.2 Å². The second-order valence-electron chi connectivity index (χ2n) is 7.37. The van der Waals surface area contributed by atoms with Crippen molar-refractivity contribution in [1.29, 1.82) is 0 Å². The maximum absolute atomic E-state index is 13.1. The molecule has 0 spiro atoms. The summed E-state index contributed by atoms with van der Waals surface area (Å²) < 4.78 is 18.2. The first-order valence-electron chi connectivity index (χ1n) is 9.90. The van der Waals surface area contributed by atoms with Crippen LogP contribution in [0.4, 0.5) is 10.1 Å². The molecule has 0 radical (unpaired) electrons. The number of aliphatic hydroxyl groups is 1. The van der Waals surface area contributed by atoms with Crippen molar-refractivity contribution in [3.63, 3.8) is 0 Å². The first-order valence-corrected chi connectivity index (χ1v) is 10.3. The van der Waals surface area contributed by atoms with Crippen LogP contribution in [0.5, 0.6) is 5.75 Å². The zero-order valence-corrected chi connectivity index (χ0v) is 18.2. The molecule has 1 atom stereocenters. The van der Waals surface area contributed by atoms with Crippen LogP contribution in [0.3, 0.4) is 0 Å². The Morgan fingerprint density at radius 2 is 2.06 bits per heavy atom. The lowest BCUT2D eigenvalue weighted by atomic mass is 10.1. The van der Waals surface area contributed by atoms with Crippen LogP contribution in [-0.4, -0.2) is 65.1 Å². The van der Waals surface area contributed by atoms with E-state index in [2.05, 4.69) is 4.90 Å². The van der Waals surface area contributed by atoms with Gasteiger partial charge in [0, 0.05) is 38.3 Å². The number of ether oxygens (including phenoxy) is 1. The maximum Gasteiger partial charge on any atom is 0.278 e. The maximum atomic E-state index is 13.1. The molecule has 1 amide bonds. The minimum absolute atomic E-state index is 0.0975. The van der Waals surface area contributed by atoms with Crippen molar-refractivity contribution >= 4 is 29.3 Å². The predicted molar refractivity (Wildman–Crippen MR) is 118 cm³/mol. The predicted octanol–water partition coefficient (Wildman–Crippen LogP) is 3.11. The molecule has 1 aliphatic rings. The van der Waals surface area contributed by atoms with Crippen molar-refractivity contribution in [2.45, 2.75) is 12.6 Å². The van der Waals surface area contributed by atoms with Crippen molar-refractivity contribution in [2.24, 2.45) is 0 Å². The smallest absolute Gasteiger partial charge is 0.278 e. The Hall–Kier alpha value is -3.01. The molecule has 8 nitrogen and oxygen atoms in total. The molecular formula is C22H23ClFN3O5. The van der Waals surface area contributed by atoms with Gasteiger partial charge in [0.15, 0.2) is 0 Å². The number of hydrogen-bond acceptors (Lipinski definition) is 6. The number of nitrogens with zero attached hydrogens (tertiary/aromatic N) is 3. The number of hydrogen-bond donors (Lipinski definition) is 1. The third kappa shape index (κ3) is 5.61. The molecule has 0 aromatic heterocycles. The number of piperazine rings is 1. The molecule has 32 heavy (non-hydrogen) atoms. The van der Waals surface area contributed by atoms with Crippen LogP contribution in [0, 0.1) is 15.9 Å². The molecule has 1 N–H and O–H groups in total. The fourth-order valence-electron chi connectivity index (χ4n) is 3.62. The van der Waals surface area contributed by atoms with Gasteiger partial charge in [0.25, 0.3) is 5.69 Å². The van der Waals surface area contributed by atoms with Gasteiger partial charge in [0.2, 0.25) is 5.91 Å². The van der Waals surface area contributed by atoms with Crippen molar-refractivity contribution in [3.05, 3.63) is 74.6 Å². The number of nitro groups is 1. The molecule has 1 heterocycles. The standard InChI is InChI=1S/C22H23ClFN3O5/c1-32-21-10-16(20(27(30)31)11-19(21)23)4-7-22(29)26-9-8-25(13-18(26)14-28)12-15-2-5-17(24)6-3-15/h2-7,10-11,18,28H,8-9,12-14H2,1H3. The van der Waals surface area contributed by atoms with Gasteiger partial charge in [-0.1, -0.05) is 23.7 Å². The number of methoxy groups -OCH3 is 1. The molecular weight excluding hydrogens is 441 g/mol. The van der Waals surface area contributed by atoms with Crippen LogP contribution in [0.25, 0.3) is 6.08 Å². The molecule has 170 valence electrons. The number of benzene rings is 2. The summed E-state index contributed by atoms with van der Waals surface area (Å²) in [4.78, 5) is 27.2. The van der Waals surface area contributed by atoms with Crippen LogP contribution < -0.4 is 4.74 Å². The van der Waals surface area contributed by atoms with Gasteiger partial charge in [-0.25, -0.2) is 4.39 Å².